The van der Waals surface area contributed by atoms with Gasteiger partial charge in [-0.2, -0.15) is 0 Å². The van der Waals surface area contributed by atoms with E-state index in [0.29, 0.717) is 0 Å². The first-order valence-corrected chi connectivity index (χ1v) is 7.74. The highest BCUT2D eigenvalue weighted by molar-refractivity contribution is 7.56. The molecule has 0 aromatic heterocycles. The monoisotopic (exact) mass is 280 g/mol. The Hall–Kier alpha value is -2.25. The van der Waals surface area contributed by atoms with Gasteiger partial charge in [0.15, 0.2) is 0 Å². The molecule has 3 aromatic carbocycles. The Kier molecular flexibility index (Phi) is 2.71. The summed E-state index contributed by atoms with van der Waals surface area (Å²) in [5.74, 6) is 0.866. The Morgan fingerprint density at radius 2 is 1.35 bits per heavy atom. The molecule has 0 aliphatic carbocycles. The van der Waals surface area contributed by atoms with E-state index in [1.54, 1.807) is 0 Å². The Morgan fingerprint density at radius 1 is 0.700 bits per heavy atom. The summed E-state index contributed by atoms with van der Waals surface area (Å²) in [6.07, 6.45) is 0. The third-order valence-electron chi connectivity index (χ3n) is 3.29. The van der Waals surface area contributed by atoms with Crippen molar-refractivity contribution < 1.29 is 4.52 Å². The summed E-state index contributed by atoms with van der Waals surface area (Å²) in [5, 5.41) is 9.34. The molecule has 0 radical (unpaired) electrons. The molecule has 3 aromatic rings. The lowest BCUT2D eigenvalue weighted by molar-refractivity contribution is 0.622. The van der Waals surface area contributed by atoms with Gasteiger partial charge < -0.3 is 14.7 Å². The van der Waals surface area contributed by atoms with E-state index in [0.717, 1.165) is 17.1 Å². The van der Waals surface area contributed by atoms with E-state index in [9.17, 15) is 0 Å². The molecule has 1 aliphatic rings. The average molecular weight is 280 g/mol. The second-order valence-corrected chi connectivity index (χ2v) is 5.85. The third-order valence-corrected chi connectivity index (χ3v) is 4.57. The summed E-state index contributed by atoms with van der Waals surface area (Å²) in [5.41, 5.74) is 2.25. The van der Waals surface area contributed by atoms with Crippen molar-refractivity contribution in [1.29, 1.82) is 0 Å². The van der Waals surface area contributed by atoms with Crippen LogP contribution in [0.2, 0.25) is 0 Å². The second-order valence-electron chi connectivity index (χ2n) is 4.63. The number of rotatable bonds is 2. The number of nitrogens with one attached hydrogen (secondary N) is 2. The summed E-state index contributed by atoms with van der Waals surface area (Å²) in [6.45, 7) is 0. The summed E-state index contributed by atoms with van der Waals surface area (Å²) >= 11 is 0. The number of benzene rings is 3. The van der Waals surface area contributed by atoms with Crippen LogP contribution in [0.5, 0.6) is 5.75 Å². The average Bonchev–Trinajstić information content (AvgIpc) is 2.49. The largest absolute Gasteiger partial charge is 0.437 e. The molecule has 0 amide bonds. The van der Waals surface area contributed by atoms with Crippen molar-refractivity contribution in [1.82, 2.24) is 0 Å². The maximum absolute atomic E-state index is 5.99. The van der Waals surface area contributed by atoms with E-state index in [1.807, 2.05) is 30.3 Å². The van der Waals surface area contributed by atoms with Crippen LogP contribution in [0.3, 0.4) is 0 Å². The molecule has 0 unspecified atom stereocenters. The van der Waals surface area contributed by atoms with Gasteiger partial charge in [-0.25, -0.2) is 0 Å². The van der Waals surface area contributed by atoms with Crippen molar-refractivity contribution in [3.8, 4) is 5.75 Å². The molecule has 0 saturated carbocycles. The highest BCUT2D eigenvalue weighted by atomic mass is 31.2. The summed E-state index contributed by atoms with van der Waals surface area (Å²) < 4.78 is 5.99. The maximum Gasteiger partial charge on any atom is 0.304 e. The van der Waals surface area contributed by atoms with Crippen LogP contribution < -0.4 is 14.7 Å². The van der Waals surface area contributed by atoms with Gasteiger partial charge in [-0.05, 0) is 29.7 Å². The van der Waals surface area contributed by atoms with Gasteiger partial charge in [0, 0.05) is 5.39 Å². The van der Waals surface area contributed by atoms with Gasteiger partial charge in [0.05, 0.1) is 11.4 Å². The summed E-state index contributed by atoms with van der Waals surface area (Å²) in [4.78, 5) is 0. The third kappa shape index (κ3) is 1.97. The lowest BCUT2D eigenvalue weighted by atomic mass is 10.1. The molecule has 0 bridgehead atoms. The lowest BCUT2D eigenvalue weighted by Crippen LogP contribution is -2.11. The number of para-hydroxylation sites is 1. The molecule has 0 fully saturated rings. The highest BCUT2D eigenvalue weighted by Crippen LogP contribution is 2.47. The first-order chi connectivity index (χ1) is 9.90. The molecular formula is C16H13N2OP. The van der Waals surface area contributed by atoms with Crippen molar-refractivity contribution >= 4 is 30.6 Å². The molecular weight excluding hydrogens is 267 g/mol. The van der Waals surface area contributed by atoms with Gasteiger partial charge in [0.2, 0.25) is 0 Å². The first kappa shape index (κ1) is 11.6. The van der Waals surface area contributed by atoms with Gasteiger partial charge in [-0.15, -0.1) is 0 Å². The maximum atomic E-state index is 5.99. The quantitative estimate of drug-likeness (QED) is 0.649. The van der Waals surface area contributed by atoms with Crippen LogP contribution in [-0.4, -0.2) is 0 Å². The lowest BCUT2D eigenvalue weighted by Gasteiger charge is -2.27. The Balaban J connectivity index is 1.69. The summed E-state index contributed by atoms with van der Waals surface area (Å²) in [7, 11) is -0.960. The van der Waals surface area contributed by atoms with Crippen molar-refractivity contribution in [3.63, 3.8) is 0 Å². The first-order valence-electron chi connectivity index (χ1n) is 6.48. The molecule has 1 aliphatic heterocycles. The predicted molar refractivity (Wildman–Crippen MR) is 85.2 cm³/mol. The standard InChI is InChI=1S/C16H13N2OP/c1-2-8-13(9-3-1)19-20-17-14-10-4-6-12-7-5-11-15(18-20)16(12)14/h1-11,17-18H. The molecule has 4 rings (SSSR count). The Labute approximate surface area is 118 Å². The van der Waals surface area contributed by atoms with Crippen LogP contribution in [0.4, 0.5) is 11.4 Å². The fourth-order valence-corrected chi connectivity index (χ4v) is 3.70. The van der Waals surface area contributed by atoms with Gasteiger partial charge >= 0.3 is 8.45 Å². The van der Waals surface area contributed by atoms with Crippen molar-refractivity contribution in [2.24, 2.45) is 0 Å². The van der Waals surface area contributed by atoms with Crippen LogP contribution in [0, 0.1) is 0 Å². The predicted octanol–water partition coefficient (Wildman–Crippen LogP) is 4.98. The highest BCUT2D eigenvalue weighted by Gasteiger charge is 2.21. The van der Waals surface area contributed by atoms with Gasteiger partial charge in [0.1, 0.15) is 5.75 Å². The topological polar surface area (TPSA) is 33.3 Å². The molecule has 0 saturated heterocycles. The van der Waals surface area contributed by atoms with Crippen molar-refractivity contribution in [3.05, 3.63) is 66.7 Å². The van der Waals surface area contributed by atoms with Gasteiger partial charge in [-0.3, -0.25) is 0 Å². The zero-order valence-corrected chi connectivity index (χ0v) is 11.6. The van der Waals surface area contributed by atoms with Gasteiger partial charge in [0.25, 0.3) is 0 Å². The van der Waals surface area contributed by atoms with E-state index in [-0.39, 0.29) is 0 Å². The van der Waals surface area contributed by atoms with E-state index in [2.05, 4.69) is 46.6 Å². The number of hydrogen-bond acceptors (Lipinski definition) is 3. The zero-order valence-electron chi connectivity index (χ0n) is 10.7. The fraction of sp³-hybridized carbons (Fsp3) is 0. The summed E-state index contributed by atoms with van der Waals surface area (Å²) in [6, 6.07) is 22.4. The molecule has 3 nitrogen and oxygen atoms in total. The molecule has 0 atom stereocenters. The Bertz CT molecular complexity index is 720. The molecule has 0 spiro atoms. The van der Waals surface area contributed by atoms with Crippen LogP contribution in [0.25, 0.3) is 10.8 Å². The van der Waals surface area contributed by atoms with E-state index < -0.39 is 8.45 Å². The minimum atomic E-state index is -0.960. The normalized spacial score (nSPS) is 13.6. The van der Waals surface area contributed by atoms with E-state index in [1.165, 1.54) is 10.8 Å². The van der Waals surface area contributed by atoms with Crippen LogP contribution in [0.1, 0.15) is 0 Å². The molecule has 20 heavy (non-hydrogen) atoms. The van der Waals surface area contributed by atoms with Crippen LogP contribution in [0.15, 0.2) is 66.7 Å². The van der Waals surface area contributed by atoms with Gasteiger partial charge in [-0.1, -0.05) is 42.5 Å². The Morgan fingerprint density at radius 3 is 2.00 bits per heavy atom. The van der Waals surface area contributed by atoms with E-state index >= 15 is 0 Å². The molecule has 98 valence electrons. The fourth-order valence-electron chi connectivity index (χ4n) is 2.41. The number of anilines is 2. The van der Waals surface area contributed by atoms with Crippen molar-refractivity contribution in [2.75, 3.05) is 10.2 Å². The smallest absolute Gasteiger partial charge is 0.304 e. The number of hydrogen-bond donors (Lipinski definition) is 2. The molecule has 1 heterocycles. The van der Waals surface area contributed by atoms with E-state index in [4.69, 9.17) is 4.52 Å². The minimum Gasteiger partial charge on any atom is -0.437 e. The zero-order chi connectivity index (χ0) is 13.4. The molecule has 4 heteroatoms. The van der Waals surface area contributed by atoms with Crippen LogP contribution >= 0.6 is 8.45 Å². The molecule has 2 N–H and O–H groups in total. The second kappa shape index (κ2) is 4.69. The SMILES string of the molecule is c1ccc(OP2Nc3cccc4cccc(c34)N2)cc1. The van der Waals surface area contributed by atoms with Crippen LogP contribution in [-0.2, 0) is 0 Å². The minimum absolute atomic E-state index is 0.866. The van der Waals surface area contributed by atoms with Crippen molar-refractivity contribution in [2.45, 2.75) is 0 Å².